The summed E-state index contributed by atoms with van der Waals surface area (Å²) in [6, 6.07) is 7.23. The molecule has 0 aliphatic carbocycles. The Kier molecular flexibility index (Phi) is 4.69. The number of nitrogens with one attached hydrogen (secondary N) is 1. The van der Waals surface area contributed by atoms with Gasteiger partial charge in [0.05, 0.1) is 30.6 Å². The Morgan fingerprint density at radius 2 is 2.07 bits per heavy atom. The Morgan fingerprint density at radius 3 is 2.90 bits per heavy atom. The van der Waals surface area contributed by atoms with Gasteiger partial charge in [-0.15, -0.1) is 22.7 Å². The number of carbonyl (C=O) groups excluding carboxylic acids is 1. The number of thiazole rings is 1. The van der Waals surface area contributed by atoms with E-state index < -0.39 is 0 Å². The number of halogens is 1. The zero-order chi connectivity index (χ0) is 20.0. The highest BCUT2D eigenvalue weighted by Crippen LogP contribution is 2.39. The molecule has 0 spiro atoms. The lowest BCUT2D eigenvalue weighted by atomic mass is 10.2. The molecular formula is C20H15ClN2O4S2. The van der Waals surface area contributed by atoms with Gasteiger partial charge in [-0.1, -0.05) is 11.6 Å². The van der Waals surface area contributed by atoms with Crippen LogP contribution >= 0.6 is 34.3 Å². The lowest BCUT2D eigenvalue weighted by Gasteiger charge is -2.20. The van der Waals surface area contributed by atoms with Gasteiger partial charge < -0.3 is 19.5 Å². The quantitative estimate of drug-likeness (QED) is 0.463. The molecule has 9 heteroatoms. The van der Waals surface area contributed by atoms with Gasteiger partial charge in [-0.2, -0.15) is 0 Å². The van der Waals surface area contributed by atoms with Gasteiger partial charge in [0, 0.05) is 23.6 Å². The molecule has 0 saturated heterocycles. The number of benzene rings is 2. The maximum Gasteiger partial charge on any atom is 0.262 e. The number of hydrogen-bond donors (Lipinski definition) is 1. The van der Waals surface area contributed by atoms with E-state index >= 15 is 0 Å². The summed E-state index contributed by atoms with van der Waals surface area (Å²) in [6.07, 6.45) is 0. The molecule has 6 nitrogen and oxygen atoms in total. The first-order valence-corrected chi connectivity index (χ1v) is 10.9. The van der Waals surface area contributed by atoms with Crippen molar-refractivity contribution in [2.75, 3.05) is 25.1 Å². The fourth-order valence-corrected chi connectivity index (χ4v) is 5.23. The van der Waals surface area contributed by atoms with Crippen LogP contribution in [0.3, 0.4) is 0 Å². The van der Waals surface area contributed by atoms with E-state index in [0.717, 1.165) is 25.3 Å². The number of fused-ring (bicyclic) bond motifs is 4. The molecule has 2 aromatic heterocycles. The molecule has 0 atom stereocenters. The lowest BCUT2D eigenvalue weighted by molar-refractivity contribution is -0.118. The molecule has 4 aromatic rings. The van der Waals surface area contributed by atoms with Crippen LogP contribution in [0, 0.1) is 6.92 Å². The average molecular weight is 447 g/mol. The number of nitrogens with zero attached hydrogens (tertiary/aromatic N) is 1. The van der Waals surface area contributed by atoms with Gasteiger partial charge in [0.1, 0.15) is 19.0 Å². The fourth-order valence-electron chi connectivity index (χ4n) is 3.20. The molecule has 1 aliphatic rings. The van der Waals surface area contributed by atoms with Crippen molar-refractivity contribution in [1.82, 2.24) is 4.98 Å². The largest absolute Gasteiger partial charge is 0.486 e. The van der Waals surface area contributed by atoms with Crippen LogP contribution in [0.4, 0.5) is 5.69 Å². The first kappa shape index (κ1) is 18.5. The number of aryl methyl sites for hydroxylation is 1. The van der Waals surface area contributed by atoms with Crippen molar-refractivity contribution in [3.05, 3.63) is 39.7 Å². The molecule has 1 N–H and O–H groups in total. The molecule has 0 unspecified atom stereocenters. The van der Waals surface area contributed by atoms with Gasteiger partial charge in [0.2, 0.25) is 0 Å². The Labute approximate surface area is 179 Å². The van der Waals surface area contributed by atoms with Crippen molar-refractivity contribution in [1.29, 1.82) is 0 Å². The molecule has 148 valence electrons. The number of thiophene rings is 1. The standard InChI is InChI=1S/C20H15ClN2O4S2/c1-10-22-19-17(29-10)8-14(11-2-5-28-20(11)19)27-9-18(24)23-13-7-16-15(6-12(13)21)25-3-4-26-16/h2,5-8H,3-4,9H2,1H3,(H,23,24). The van der Waals surface area contributed by atoms with Crippen LogP contribution in [0.15, 0.2) is 29.6 Å². The molecule has 3 heterocycles. The number of hydrogen-bond acceptors (Lipinski definition) is 7. The summed E-state index contributed by atoms with van der Waals surface area (Å²) >= 11 is 9.48. The third kappa shape index (κ3) is 3.48. The lowest BCUT2D eigenvalue weighted by Crippen LogP contribution is -2.21. The highest BCUT2D eigenvalue weighted by Gasteiger charge is 2.17. The minimum Gasteiger partial charge on any atom is -0.486 e. The molecule has 0 bridgehead atoms. The third-order valence-electron chi connectivity index (χ3n) is 4.43. The topological polar surface area (TPSA) is 69.7 Å². The number of ether oxygens (including phenoxy) is 3. The van der Waals surface area contributed by atoms with Crippen molar-refractivity contribution >= 4 is 66.2 Å². The molecular weight excluding hydrogens is 432 g/mol. The van der Waals surface area contributed by atoms with Gasteiger partial charge in [-0.05, 0) is 18.4 Å². The molecule has 0 saturated carbocycles. The summed E-state index contributed by atoms with van der Waals surface area (Å²) in [5.41, 5.74) is 1.44. The van der Waals surface area contributed by atoms with Gasteiger partial charge in [-0.25, -0.2) is 4.98 Å². The summed E-state index contributed by atoms with van der Waals surface area (Å²) in [5, 5.41) is 7.11. The summed E-state index contributed by atoms with van der Waals surface area (Å²) in [5.74, 6) is 1.49. The number of amides is 1. The van der Waals surface area contributed by atoms with E-state index in [1.54, 1.807) is 34.8 Å². The number of carbonyl (C=O) groups is 1. The number of rotatable bonds is 4. The first-order valence-electron chi connectivity index (χ1n) is 8.87. The van der Waals surface area contributed by atoms with Crippen molar-refractivity contribution in [3.63, 3.8) is 0 Å². The molecule has 1 aliphatic heterocycles. The predicted molar refractivity (Wildman–Crippen MR) is 116 cm³/mol. The zero-order valence-corrected chi connectivity index (χ0v) is 17.7. The smallest absolute Gasteiger partial charge is 0.262 e. The first-order chi connectivity index (χ1) is 14.1. The molecule has 0 radical (unpaired) electrons. The van der Waals surface area contributed by atoms with E-state index in [4.69, 9.17) is 25.8 Å². The second kappa shape index (κ2) is 7.37. The van der Waals surface area contributed by atoms with E-state index in [9.17, 15) is 4.79 Å². The maximum absolute atomic E-state index is 12.5. The minimum atomic E-state index is -0.312. The van der Waals surface area contributed by atoms with Crippen molar-refractivity contribution in [2.45, 2.75) is 6.92 Å². The molecule has 29 heavy (non-hydrogen) atoms. The van der Waals surface area contributed by atoms with Gasteiger partial charge >= 0.3 is 0 Å². The highest BCUT2D eigenvalue weighted by atomic mass is 35.5. The second-order valence-electron chi connectivity index (χ2n) is 6.43. The Balaban J connectivity index is 1.35. The maximum atomic E-state index is 12.5. The third-order valence-corrected chi connectivity index (χ3v) is 6.58. The summed E-state index contributed by atoms with van der Waals surface area (Å²) in [6.45, 7) is 2.78. The second-order valence-corrected chi connectivity index (χ2v) is 8.99. The predicted octanol–water partition coefficient (Wildman–Crippen LogP) is 5.26. The van der Waals surface area contributed by atoms with Crippen LogP contribution in [-0.4, -0.2) is 30.7 Å². The van der Waals surface area contributed by atoms with Crippen LogP contribution in [-0.2, 0) is 4.79 Å². The number of anilines is 1. The summed E-state index contributed by atoms with van der Waals surface area (Å²) in [4.78, 5) is 17.1. The molecule has 2 aromatic carbocycles. The number of aromatic nitrogens is 1. The van der Waals surface area contributed by atoms with E-state index in [1.165, 1.54) is 0 Å². The van der Waals surface area contributed by atoms with Crippen LogP contribution < -0.4 is 19.5 Å². The Hall–Kier alpha value is -2.55. The average Bonchev–Trinajstić information content (AvgIpc) is 3.32. The van der Waals surface area contributed by atoms with Crippen molar-refractivity contribution in [3.8, 4) is 17.2 Å². The van der Waals surface area contributed by atoms with Crippen molar-refractivity contribution < 1.29 is 19.0 Å². The van der Waals surface area contributed by atoms with E-state index in [-0.39, 0.29) is 12.5 Å². The van der Waals surface area contributed by atoms with Crippen LogP contribution in [0.25, 0.3) is 20.3 Å². The summed E-state index contributed by atoms with van der Waals surface area (Å²) in [7, 11) is 0. The van der Waals surface area contributed by atoms with Crippen molar-refractivity contribution in [2.24, 2.45) is 0 Å². The van der Waals surface area contributed by atoms with E-state index in [1.807, 2.05) is 24.4 Å². The Morgan fingerprint density at radius 1 is 1.28 bits per heavy atom. The monoisotopic (exact) mass is 446 g/mol. The van der Waals surface area contributed by atoms with Crippen LogP contribution in [0.5, 0.6) is 17.2 Å². The van der Waals surface area contributed by atoms with E-state index in [2.05, 4.69) is 10.3 Å². The SMILES string of the molecule is Cc1nc2c(cc(OCC(=O)Nc3cc4c(cc3Cl)OCCO4)c3ccsc32)s1. The Bertz CT molecular complexity index is 1250. The zero-order valence-electron chi connectivity index (χ0n) is 15.3. The highest BCUT2D eigenvalue weighted by molar-refractivity contribution is 7.21. The van der Waals surface area contributed by atoms with E-state index in [0.29, 0.717) is 41.2 Å². The fraction of sp³-hybridized carbons (Fsp3) is 0.200. The van der Waals surface area contributed by atoms with Gasteiger partial charge in [0.15, 0.2) is 18.1 Å². The van der Waals surface area contributed by atoms with Gasteiger partial charge in [-0.3, -0.25) is 4.79 Å². The summed E-state index contributed by atoms with van der Waals surface area (Å²) < 4.78 is 19.0. The molecule has 5 rings (SSSR count). The molecule has 1 amide bonds. The molecule has 0 fully saturated rings. The van der Waals surface area contributed by atoms with Crippen LogP contribution in [0.2, 0.25) is 5.02 Å². The minimum absolute atomic E-state index is 0.140. The van der Waals surface area contributed by atoms with Crippen LogP contribution in [0.1, 0.15) is 5.01 Å². The normalized spacial score (nSPS) is 13.0. The van der Waals surface area contributed by atoms with Gasteiger partial charge in [0.25, 0.3) is 5.91 Å².